The number of aryl methyl sites for hydroxylation is 1. The third-order valence-corrected chi connectivity index (χ3v) is 4.23. The highest BCUT2D eigenvalue weighted by Crippen LogP contribution is 2.34. The predicted molar refractivity (Wildman–Crippen MR) is 73.5 cm³/mol. The van der Waals surface area contributed by atoms with Gasteiger partial charge < -0.3 is 4.90 Å². The molecule has 7 heteroatoms. The fraction of sp³-hybridized carbons (Fsp3) is 0.500. The molecule has 1 aliphatic heterocycles. The molecule has 0 aromatic heterocycles. The lowest BCUT2D eigenvalue weighted by molar-refractivity contribution is -0.183. The van der Waals surface area contributed by atoms with E-state index >= 15 is 0 Å². The van der Waals surface area contributed by atoms with Crippen molar-refractivity contribution in [3.8, 4) is 0 Å². The zero-order valence-corrected chi connectivity index (χ0v) is 12.9. The Bertz CT molecular complexity index is 551. The number of carbonyl (C=O) groups excluding carboxylic acids is 1. The summed E-state index contributed by atoms with van der Waals surface area (Å²) in [7, 11) is 0. The molecular formula is C14H14BrF4NO. The molecule has 1 aliphatic rings. The van der Waals surface area contributed by atoms with E-state index in [0.29, 0.717) is 5.56 Å². The molecule has 0 radical (unpaired) electrons. The fourth-order valence-corrected chi connectivity index (χ4v) is 3.04. The van der Waals surface area contributed by atoms with Crippen molar-refractivity contribution in [1.29, 1.82) is 0 Å². The average Bonchev–Trinajstić information content (AvgIpc) is 2.41. The van der Waals surface area contributed by atoms with Crippen LogP contribution in [-0.4, -0.2) is 30.1 Å². The maximum Gasteiger partial charge on any atom is 0.391 e. The second-order valence-electron chi connectivity index (χ2n) is 5.22. The van der Waals surface area contributed by atoms with Crippen LogP contribution in [0.1, 0.15) is 28.8 Å². The van der Waals surface area contributed by atoms with Crippen LogP contribution in [0.2, 0.25) is 0 Å². The molecule has 1 aromatic rings. The Kier molecular flexibility index (Phi) is 4.60. The van der Waals surface area contributed by atoms with E-state index in [1.165, 1.54) is 11.0 Å². The maximum atomic E-state index is 14.0. The molecule has 2 nitrogen and oxygen atoms in total. The lowest BCUT2D eigenvalue weighted by atomic mass is 9.95. The second-order valence-corrected chi connectivity index (χ2v) is 6.07. The van der Waals surface area contributed by atoms with Gasteiger partial charge in [-0.1, -0.05) is 0 Å². The highest BCUT2D eigenvalue weighted by molar-refractivity contribution is 9.10. The zero-order chi connectivity index (χ0) is 15.8. The summed E-state index contributed by atoms with van der Waals surface area (Å²) in [5, 5.41) is 0. The number of hydrogen-bond acceptors (Lipinski definition) is 1. The van der Waals surface area contributed by atoms with Crippen LogP contribution in [0, 0.1) is 18.7 Å². The Hall–Kier alpha value is -1.11. The minimum absolute atomic E-state index is 0.00594. The third-order valence-electron chi connectivity index (χ3n) is 3.65. The number of alkyl halides is 3. The Labute approximate surface area is 128 Å². The smallest absolute Gasteiger partial charge is 0.339 e. The monoisotopic (exact) mass is 367 g/mol. The van der Waals surface area contributed by atoms with Gasteiger partial charge in [0, 0.05) is 13.1 Å². The third kappa shape index (κ3) is 3.56. The van der Waals surface area contributed by atoms with Gasteiger partial charge in [0.25, 0.3) is 5.91 Å². The number of likely N-dealkylation sites (tertiary alicyclic amines) is 1. The summed E-state index contributed by atoms with van der Waals surface area (Å²) in [5.74, 6) is -2.61. The number of carbonyl (C=O) groups is 1. The highest BCUT2D eigenvalue weighted by Gasteiger charge is 2.42. The Morgan fingerprint density at radius 2 is 1.86 bits per heavy atom. The van der Waals surface area contributed by atoms with Gasteiger partial charge in [-0.2, -0.15) is 13.2 Å². The number of halogens is 5. The van der Waals surface area contributed by atoms with Gasteiger partial charge in [-0.15, -0.1) is 0 Å². The standard InChI is InChI=1S/C14H14BrF4NO/c1-8-6-10(12(16)11(15)7-8)13(21)20-4-2-9(3-5-20)14(17,18)19/h6-7,9H,2-5H2,1H3. The first-order chi connectivity index (χ1) is 9.70. The van der Waals surface area contributed by atoms with E-state index in [4.69, 9.17) is 0 Å². The molecule has 1 aromatic carbocycles. The van der Waals surface area contributed by atoms with Crippen molar-refractivity contribution in [3.63, 3.8) is 0 Å². The minimum atomic E-state index is -4.23. The number of nitrogens with zero attached hydrogens (tertiary/aromatic N) is 1. The van der Waals surface area contributed by atoms with E-state index in [1.54, 1.807) is 13.0 Å². The van der Waals surface area contributed by atoms with Gasteiger partial charge in [0.2, 0.25) is 0 Å². The molecular weight excluding hydrogens is 354 g/mol. The van der Waals surface area contributed by atoms with Gasteiger partial charge in [-0.05, 0) is 53.4 Å². The van der Waals surface area contributed by atoms with E-state index in [-0.39, 0.29) is 36.0 Å². The summed E-state index contributed by atoms with van der Waals surface area (Å²) in [6.45, 7) is 1.71. The molecule has 2 rings (SSSR count). The molecule has 0 atom stereocenters. The van der Waals surface area contributed by atoms with Crippen molar-refractivity contribution in [2.75, 3.05) is 13.1 Å². The highest BCUT2D eigenvalue weighted by atomic mass is 79.9. The molecule has 0 aliphatic carbocycles. The first-order valence-electron chi connectivity index (χ1n) is 6.51. The summed E-state index contributed by atoms with van der Waals surface area (Å²) in [4.78, 5) is 13.5. The maximum absolute atomic E-state index is 14.0. The number of amides is 1. The summed E-state index contributed by atoms with van der Waals surface area (Å²) in [6, 6.07) is 2.96. The minimum Gasteiger partial charge on any atom is -0.339 e. The number of piperidine rings is 1. The van der Waals surface area contributed by atoms with Crippen molar-refractivity contribution in [2.45, 2.75) is 25.9 Å². The molecule has 0 spiro atoms. The van der Waals surface area contributed by atoms with Crippen LogP contribution in [0.3, 0.4) is 0 Å². The molecule has 0 N–H and O–H groups in total. The lowest BCUT2D eigenvalue weighted by Crippen LogP contribution is -2.42. The van der Waals surface area contributed by atoms with Crippen LogP contribution in [-0.2, 0) is 0 Å². The van der Waals surface area contributed by atoms with E-state index < -0.39 is 23.8 Å². The van der Waals surface area contributed by atoms with Gasteiger partial charge in [0.05, 0.1) is 16.0 Å². The van der Waals surface area contributed by atoms with Crippen molar-refractivity contribution in [1.82, 2.24) is 4.90 Å². The Morgan fingerprint density at radius 1 is 1.29 bits per heavy atom. The summed E-state index contributed by atoms with van der Waals surface area (Å²) >= 11 is 3.03. The van der Waals surface area contributed by atoms with Gasteiger partial charge in [0.15, 0.2) is 0 Å². The molecule has 1 heterocycles. The van der Waals surface area contributed by atoms with Gasteiger partial charge >= 0.3 is 6.18 Å². The summed E-state index contributed by atoms with van der Waals surface area (Å²) < 4.78 is 51.9. The topological polar surface area (TPSA) is 20.3 Å². The first-order valence-corrected chi connectivity index (χ1v) is 7.31. The van der Waals surface area contributed by atoms with Crippen molar-refractivity contribution in [2.24, 2.45) is 5.92 Å². The zero-order valence-electron chi connectivity index (χ0n) is 11.3. The number of hydrogen-bond donors (Lipinski definition) is 0. The van der Waals surface area contributed by atoms with Crippen LogP contribution in [0.25, 0.3) is 0 Å². The van der Waals surface area contributed by atoms with Crippen LogP contribution in [0.15, 0.2) is 16.6 Å². The van der Waals surface area contributed by atoms with E-state index in [1.807, 2.05) is 0 Å². The molecule has 0 unspecified atom stereocenters. The quantitative estimate of drug-likeness (QED) is 0.677. The Morgan fingerprint density at radius 3 is 2.38 bits per heavy atom. The normalized spacial score (nSPS) is 17.1. The Balaban J connectivity index is 2.13. The molecule has 1 saturated heterocycles. The molecule has 1 amide bonds. The van der Waals surface area contributed by atoms with E-state index in [2.05, 4.69) is 15.9 Å². The second kappa shape index (κ2) is 5.94. The van der Waals surface area contributed by atoms with Crippen LogP contribution in [0.5, 0.6) is 0 Å². The van der Waals surface area contributed by atoms with Crippen LogP contribution < -0.4 is 0 Å². The molecule has 21 heavy (non-hydrogen) atoms. The average molecular weight is 368 g/mol. The lowest BCUT2D eigenvalue weighted by Gasteiger charge is -2.33. The van der Waals surface area contributed by atoms with E-state index in [9.17, 15) is 22.4 Å². The predicted octanol–water partition coefficient (Wildman–Crippen LogP) is 4.31. The number of benzene rings is 1. The van der Waals surface area contributed by atoms with Crippen LogP contribution in [0.4, 0.5) is 17.6 Å². The van der Waals surface area contributed by atoms with Gasteiger partial charge in [0.1, 0.15) is 5.82 Å². The summed E-state index contributed by atoms with van der Waals surface area (Å²) in [5.41, 5.74) is 0.601. The van der Waals surface area contributed by atoms with Crippen molar-refractivity contribution >= 4 is 21.8 Å². The largest absolute Gasteiger partial charge is 0.391 e. The molecule has 116 valence electrons. The van der Waals surface area contributed by atoms with E-state index in [0.717, 1.165) is 0 Å². The van der Waals surface area contributed by atoms with Crippen molar-refractivity contribution in [3.05, 3.63) is 33.5 Å². The fourth-order valence-electron chi connectivity index (χ4n) is 2.46. The summed E-state index contributed by atoms with van der Waals surface area (Å²) in [6.07, 6.45) is -4.50. The van der Waals surface area contributed by atoms with Gasteiger partial charge in [-0.25, -0.2) is 4.39 Å². The van der Waals surface area contributed by atoms with Gasteiger partial charge in [-0.3, -0.25) is 4.79 Å². The number of rotatable bonds is 1. The SMILES string of the molecule is Cc1cc(Br)c(F)c(C(=O)N2CCC(C(F)(F)F)CC2)c1. The first kappa shape index (κ1) is 16.3. The molecule has 0 bridgehead atoms. The van der Waals surface area contributed by atoms with Crippen LogP contribution >= 0.6 is 15.9 Å². The van der Waals surface area contributed by atoms with Crippen molar-refractivity contribution < 1.29 is 22.4 Å². The molecule has 0 saturated carbocycles. The molecule has 1 fully saturated rings.